The monoisotopic (exact) mass is 183 g/mol. The standard InChI is InChI=1S/C5H10ClNO4/c1-3(8)4(6)5(2,9)7(10)11/h3-4,8-9H,1-2H3. The Labute approximate surface area is 68.7 Å². The van der Waals surface area contributed by atoms with Gasteiger partial charge in [-0.3, -0.25) is 10.1 Å². The van der Waals surface area contributed by atoms with Gasteiger partial charge in [-0.15, -0.1) is 11.6 Å². The number of aliphatic hydroxyl groups excluding tert-OH is 1. The summed E-state index contributed by atoms with van der Waals surface area (Å²) in [6.45, 7) is 2.22. The van der Waals surface area contributed by atoms with Gasteiger partial charge in [-0.1, -0.05) is 0 Å². The van der Waals surface area contributed by atoms with Crippen molar-refractivity contribution in [2.75, 3.05) is 0 Å². The molecule has 0 aliphatic carbocycles. The lowest BCUT2D eigenvalue weighted by molar-refractivity contribution is -0.620. The van der Waals surface area contributed by atoms with Crippen LogP contribution in [0.1, 0.15) is 13.8 Å². The second kappa shape index (κ2) is 3.34. The van der Waals surface area contributed by atoms with Gasteiger partial charge in [0.15, 0.2) is 5.38 Å². The number of halogens is 1. The highest BCUT2D eigenvalue weighted by atomic mass is 35.5. The first-order valence-corrected chi connectivity index (χ1v) is 3.42. The quantitative estimate of drug-likeness (QED) is 0.278. The van der Waals surface area contributed by atoms with E-state index in [4.69, 9.17) is 21.8 Å². The zero-order chi connectivity index (χ0) is 9.23. The number of nitro groups is 1. The van der Waals surface area contributed by atoms with Gasteiger partial charge in [0.25, 0.3) is 0 Å². The maximum atomic E-state index is 10.1. The van der Waals surface area contributed by atoms with E-state index >= 15 is 0 Å². The van der Waals surface area contributed by atoms with Crippen LogP contribution in [0, 0.1) is 10.1 Å². The van der Waals surface area contributed by atoms with Crippen LogP contribution in [-0.4, -0.2) is 32.3 Å². The third-order valence-electron chi connectivity index (χ3n) is 1.32. The molecule has 0 saturated heterocycles. The van der Waals surface area contributed by atoms with Crippen LogP contribution in [0.4, 0.5) is 0 Å². The van der Waals surface area contributed by atoms with Crippen molar-refractivity contribution in [3.63, 3.8) is 0 Å². The van der Waals surface area contributed by atoms with E-state index < -0.39 is 22.1 Å². The summed E-state index contributed by atoms with van der Waals surface area (Å²) >= 11 is 5.36. The number of hydrogen-bond donors (Lipinski definition) is 2. The van der Waals surface area contributed by atoms with Gasteiger partial charge in [0.1, 0.15) is 0 Å². The molecule has 0 bridgehead atoms. The molecule has 0 rings (SSSR count). The SMILES string of the molecule is CC(O)C(Cl)C(C)(O)[N+](=O)[O-]. The molecule has 0 aromatic rings. The smallest absolute Gasteiger partial charge is 0.338 e. The van der Waals surface area contributed by atoms with Crippen molar-refractivity contribution in [2.45, 2.75) is 31.1 Å². The average Bonchev–Trinajstić information content (AvgIpc) is 1.85. The van der Waals surface area contributed by atoms with Crippen molar-refractivity contribution in [1.82, 2.24) is 0 Å². The van der Waals surface area contributed by atoms with Gasteiger partial charge in [0, 0.05) is 6.92 Å². The van der Waals surface area contributed by atoms with Crippen LogP contribution in [-0.2, 0) is 0 Å². The minimum absolute atomic E-state index is 0.933. The fourth-order valence-electron chi connectivity index (χ4n) is 0.558. The van der Waals surface area contributed by atoms with Crippen LogP contribution in [0.25, 0.3) is 0 Å². The van der Waals surface area contributed by atoms with E-state index in [9.17, 15) is 10.1 Å². The Morgan fingerprint density at radius 2 is 2.09 bits per heavy atom. The van der Waals surface area contributed by atoms with Gasteiger partial charge in [0.2, 0.25) is 0 Å². The molecule has 3 unspecified atom stereocenters. The predicted octanol–water partition coefficient (Wildman–Crippen LogP) is -0.0402. The highest BCUT2D eigenvalue weighted by molar-refractivity contribution is 6.21. The molecule has 66 valence electrons. The lowest BCUT2D eigenvalue weighted by Gasteiger charge is -2.21. The first-order chi connectivity index (χ1) is 4.80. The van der Waals surface area contributed by atoms with E-state index in [1.165, 1.54) is 6.92 Å². The molecular weight excluding hydrogens is 174 g/mol. The molecule has 0 fully saturated rings. The fraction of sp³-hybridized carbons (Fsp3) is 1.00. The van der Waals surface area contributed by atoms with Gasteiger partial charge in [0.05, 0.1) is 11.0 Å². The topological polar surface area (TPSA) is 83.6 Å². The van der Waals surface area contributed by atoms with Crippen molar-refractivity contribution < 1.29 is 15.1 Å². The maximum absolute atomic E-state index is 10.1. The van der Waals surface area contributed by atoms with Gasteiger partial charge < -0.3 is 10.2 Å². The van der Waals surface area contributed by atoms with E-state index in [0.717, 1.165) is 6.92 Å². The van der Waals surface area contributed by atoms with Gasteiger partial charge in [-0.25, -0.2) is 0 Å². The highest BCUT2D eigenvalue weighted by Gasteiger charge is 2.45. The number of nitrogens with zero attached hydrogens (tertiary/aromatic N) is 1. The summed E-state index contributed by atoms with van der Waals surface area (Å²) in [7, 11) is 0. The number of alkyl halides is 1. The van der Waals surface area contributed by atoms with E-state index in [0.29, 0.717) is 0 Å². The summed E-state index contributed by atoms with van der Waals surface area (Å²) in [5.41, 5.74) is -2.28. The Kier molecular flexibility index (Phi) is 3.22. The number of aliphatic hydroxyl groups is 2. The lowest BCUT2D eigenvalue weighted by Crippen LogP contribution is -2.48. The molecule has 3 atom stereocenters. The van der Waals surface area contributed by atoms with Crippen LogP contribution in [0.15, 0.2) is 0 Å². The zero-order valence-electron chi connectivity index (χ0n) is 6.19. The number of rotatable bonds is 3. The normalized spacial score (nSPS) is 21.9. The molecule has 2 N–H and O–H groups in total. The van der Waals surface area contributed by atoms with Crippen molar-refractivity contribution in [2.24, 2.45) is 0 Å². The van der Waals surface area contributed by atoms with Crippen molar-refractivity contribution in [3.8, 4) is 0 Å². The van der Waals surface area contributed by atoms with Crippen molar-refractivity contribution in [1.29, 1.82) is 0 Å². The second-order valence-corrected chi connectivity index (χ2v) is 2.96. The van der Waals surface area contributed by atoms with E-state index in [1.807, 2.05) is 0 Å². The van der Waals surface area contributed by atoms with Gasteiger partial charge in [-0.2, -0.15) is 0 Å². The molecule has 0 amide bonds. The molecule has 5 nitrogen and oxygen atoms in total. The molecule has 0 spiro atoms. The summed E-state index contributed by atoms with van der Waals surface area (Å²) in [5, 5.41) is 26.7. The molecule has 0 radical (unpaired) electrons. The Bertz CT molecular complexity index is 159. The lowest BCUT2D eigenvalue weighted by atomic mass is 10.1. The van der Waals surface area contributed by atoms with E-state index in [-0.39, 0.29) is 0 Å². The average molecular weight is 184 g/mol. The minimum Gasteiger partial charge on any atom is -0.391 e. The molecule has 0 aliphatic rings. The second-order valence-electron chi connectivity index (χ2n) is 2.49. The molecule has 0 saturated carbocycles. The van der Waals surface area contributed by atoms with Crippen LogP contribution in [0.2, 0.25) is 0 Å². The maximum Gasteiger partial charge on any atom is 0.338 e. The first-order valence-electron chi connectivity index (χ1n) is 2.99. The van der Waals surface area contributed by atoms with Crippen LogP contribution in [0.5, 0.6) is 0 Å². The van der Waals surface area contributed by atoms with Crippen LogP contribution in [0.3, 0.4) is 0 Å². The van der Waals surface area contributed by atoms with Gasteiger partial charge >= 0.3 is 5.72 Å². The van der Waals surface area contributed by atoms with Gasteiger partial charge in [-0.05, 0) is 6.92 Å². The molecule has 0 aromatic carbocycles. The first kappa shape index (κ1) is 10.6. The third kappa shape index (κ3) is 2.28. The summed E-state index contributed by atoms with van der Waals surface area (Å²) in [6, 6.07) is 0. The summed E-state index contributed by atoms with van der Waals surface area (Å²) < 4.78 is 0. The Morgan fingerprint density at radius 3 is 2.18 bits per heavy atom. The predicted molar refractivity (Wildman–Crippen MR) is 38.9 cm³/mol. The van der Waals surface area contributed by atoms with Crippen molar-refractivity contribution >= 4 is 11.6 Å². The molecule has 11 heavy (non-hydrogen) atoms. The van der Waals surface area contributed by atoms with Crippen molar-refractivity contribution in [3.05, 3.63) is 10.1 Å². The van der Waals surface area contributed by atoms with Crippen LogP contribution < -0.4 is 0 Å². The molecule has 0 aromatic heterocycles. The Morgan fingerprint density at radius 1 is 1.73 bits per heavy atom. The number of hydrogen-bond acceptors (Lipinski definition) is 4. The summed E-state index contributed by atoms with van der Waals surface area (Å²) in [6.07, 6.45) is -1.13. The minimum atomic E-state index is -2.28. The zero-order valence-corrected chi connectivity index (χ0v) is 6.95. The third-order valence-corrected chi connectivity index (χ3v) is 2.09. The molecular formula is C5H10ClNO4. The van der Waals surface area contributed by atoms with E-state index in [2.05, 4.69) is 0 Å². The molecule has 0 heterocycles. The highest BCUT2D eigenvalue weighted by Crippen LogP contribution is 2.19. The Balaban J connectivity index is 4.42. The fourth-order valence-corrected chi connectivity index (χ4v) is 0.637. The van der Waals surface area contributed by atoms with Crippen LogP contribution >= 0.6 is 11.6 Å². The summed E-state index contributed by atoms with van der Waals surface area (Å²) in [5.74, 6) is 0. The molecule has 6 heteroatoms. The Hall–Kier alpha value is -0.390. The van der Waals surface area contributed by atoms with E-state index in [1.54, 1.807) is 0 Å². The largest absolute Gasteiger partial charge is 0.391 e. The molecule has 0 aliphatic heterocycles. The summed E-state index contributed by atoms with van der Waals surface area (Å²) in [4.78, 5) is 9.19.